The quantitative estimate of drug-likeness (QED) is 0.652. The maximum absolute atomic E-state index is 12.5. The predicted molar refractivity (Wildman–Crippen MR) is 102 cm³/mol. The van der Waals surface area contributed by atoms with Crippen LogP contribution in [0.25, 0.3) is 0 Å². The van der Waals surface area contributed by atoms with Crippen molar-refractivity contribution in [1.82, 2.24) is 5.16 Å². The van der Waals surface area contributed by atoms with Gasteiger partial charge in [-0.15, -0.1) is 0 Å². The van der Waals surface area contributed by atoms with E-state index in [0.29, 0.717) is 34.9 Å². The van der Waals surface area contributed by atoms with Crippen LogP contribution in [0, 0.1) is 13.8 Å². The van der Waals surface area contributed by atoms with Crippen LogP contribution in [0.2, 0.25) is 0 Å². The number of benzene rings is 2. The third kappa shape index (κ3) is 4.37. The summed E-state index contributed by atoms with van der Waals surface area (Å²) in [4.78, 5) is 24.0. The first-order chi connectivity index (χ1) is 13.5. The molecule has 1 N–H and O–H groups in total. The summed E-state index contributed by atoms with van der Waals surface area (Å²) < 4.78 is 15.5. The van der Waals surface area contributed by atoms with E-state index in [4.69, 9.17) is 9.26 Å². The Morgan fingerprint density at radius 1 is 1.07 bits per heavy atom. The van der Waals surface area contributed by atoms with Crippen LogP contribution < -0.4 is 10.1 Å². The van der Waals surface area contributed by atoms with Crippen molar-refractivity contribution in [2.75, 3.05) is 12.4 Å². The fourth-order valence-corrected chi connectivity index (χ4v) is 2.60. The van der Waals surface area contributed by atoms with Crippen molar-refractivity contribution >= 4 is 17.6 Å². The number of nitrogens with zero attached hydrogens (tertiary/aromatic N) is 1. The van der Waals surface area contributed by atoms with Crippen molar-refractivity contribution in [2.24, 2.45) is 0 Å². The highest BCUT2D eigenvalue weighted by Crippen LogP contribution is 2.19. The van der Waals surface area contributed by atoms with Gasteiger partial charge in [-0.05, 0) is 56.3 Å². The van der Waals surface area contributed by atoms with Crippen LogP contribution in [0.5, 0.6) is 5.75 Å². The zero-order valence-corrected chi connectivity index (χ0v) is 15.8. The molecule has 0 unspecified atom stereocenters. The highest BCUT2D eigenvalue weighted by Gasteiger charge is 2.12. The molecule has 0 saturated carbocycles. The summed E-state index contributed by atoms with van der Waals surface area (Å²) in [5, 5.41) is 6.68. The Morgan fingerprint density at radius 2 is 1.82 bits per heavy atom. The van der Waals surface area contributed by atoms with E-state index in [2.05, 4.69) is 15.2 Å². The van der Waals surface area contributed by atoms with Gasteiger partial charge in [-0.1, -0.05) is 11.2 Å². The Labute approximate surface area is 162 Å². The van der Waals surface area contributed by atoms with Crippen LogP contribution in [0.3, 0.4) is 0 Å². The van der Waals surface area contributed by atoms with Crippen molar-refractivity contribution in [3.63, 3.8) is 0 Å². The molecule has 0 bridgehead atoms. The Morgan fingerprint density at radius 3 is 2.46 bits per heavy atom. The molecule has 7 nitrogen and oxygen atoms in total. The maximum atomic E-state index is 12.5. The number of methoxy groups -OCH3 is 1. The van der Waals surface area contributed by atoms with E-state index in [1.54, 1.807) is 48.5 Å². The van der Waals surface area contributed by atoms with Crippen LogP contribution >= 0.6 is 0 Å². The number of rotatable bonds is 6. The third-order valence-corrected chi connectivity index (χ3v) is 4.22. The van der Waals surface area contributed by atoms with Crippen molar-refractivity contribution in [3.05, 3.63) is 76.7 Å². The fraction of sp³-hybridized carbons (Fsp3) is 0.190. The molecule has 3 aromatic rings. The zero-order chi connectivity index (χ0) is 20.1. The molecule has 1 amide bonds. The largest absolute Gasteiger partial charge is 0.489 e. The Hall–Kier alpha value is -3.61. The van der Waals surface area contributed by atoms with Gasteiger partial charge in [0, 0.05) is 11.3 Å². The third-order valence-electron chi connectivity index (χ3n) is 4.22. The average molecular weight is 380 g/mol. The lowest BCUT2D eigenvalue weighted by atomic mass is 10.1. The van der Waals surface area contributed by atoms with E-state index in [0.717, 1.165) is 11.3 Å². The van der Waals surface area contributed by atoms with Crippen molar-refractivity contribution in [1.29, 1.82) is 0 Å². The monoisotopic (exact) mass is 380 g/mol. The van der Waals surface area contributed by atoms with E-state index in [-0.39, 0.29) is 5.91 Å². The number of anilines is 1. The smallest absolute Gasteiger partial charge is 0.337 e. The molecule has 2 aromatic carbocycles. The van der Waals surface area contributed by atoms with Gasteiger partial charge in [0.2, 0.25) is 0 Å². The number of esters is 1. The van der Waals surface area contributed by atoms with Gasteiger partial charge in [0.15, 0.2) is 0 Å². The first-order valence-electron chi connectivity index (χ1n) is 8.62. The van der Waals surface area contributed by atoms with Crippen LogP contribution in [0.1, 0.15) is 37.7 Å². The van der Waals surface area contributed by atoms with E-state index in [1.807, 2.05) is 13.8 Å². The second-order valence-corrected chi connectivity index (χ2v) is 6.14. The molecular weight excluding hydrogens is 360 g/mol. The summed E-state index contributed by atoms with van der Waals surface area (Å²) >= 11 is 0. The number of hydrogen-bond acceptors (Lipinski definition) is 6. The number of aromatic nitrogens is 1. The summed E-state index contributed by atoms with van der Waals surface area (Å²) in [7, 11) is 1.32. The van der Waals surface area contributed by atoms with Gasteiger partial charge in [-0.2, -0.15) is 0 Å². The molecule has 3 rings (SSSR count). The predicted octanol–water partition coefficient (Wildman–Crippen LogP) is 3.91. The minimum absolute atomic E-state index is 0.284. The Kier molecular flexibility index (Phi) is 5.74. The summed E-state index contributed by atoms with van der Waals surface area (Å²) in [6.07, 6.45) is 0. The second-order valence-electron chi connectivity index (χ2n) is 6.14. The number of carbonyl (C=O) groups excluding carboxylic acids is 2. The van der Waals surface area contributed by atoms with Crippen LogP contribution in [-0.4, -0.2) is 24.1 Å². The summed E-state index contributed by atoms with van der Waals surface area (Å²) in [6, 6.07) is 13.3. The minimum atomic E-state index is -0.430. The normalized spacial score (nSPS) is 10.4. The van der Waals surface area contributed by atoms with E-state index in [9.17, 15) is 9.59 Å². The van der Waals surface area contributed by atoms with Gasteiger partial charge in [-0.25, -0.2) is 4.79 Å². The van der Waals surface area contributed by atoms with Gasteiger partial charge in [-0.3, -0.25) is 4.79 Å². The average Bonchev–Trinajstić information content (AvgIpc) is 3.04. The SMILES string of the molecule is COC(=O)c1ccc(NC(=O)c2cccc(OCc3c(C)noc3C)c2)cc1. The number of carbonyl (C=O) groups is 2. The Bertz CT molecular complexity index is 973. The maximum Gasteiger partial charge on any atom is 0.337 e. The molecule has 144 valence electrons. The molecule has 0 aliphatic heterocycles. The number of ether oxygens (including phenoxy) is 2. The summed E-state index contributed by atoms with van der Waals surface area (Å²) in [5.41, 5.74) is 3.10. The molecule has 0 radical (unpaired) electrons. The number of aryl methyl sites for hydroxylation is 2. The second kappa shape index (κ2) is 8.39. The van der Waals surface area contributed by atoms with Gasteiger partial charge in [0.1, 0.15) is 18.1 Å². The molecule has 0 spiro atoms. The van der Waals surface area contributed by atoms with Gasteiger partial charge in [0.25, 0.3) is 5.91 Å². The zero-order valence-electron chi connectivity index (χ0n) is 15.8. The molecule has 28 heavy (non-hydrogen) atoms. The van der Waals surface area contributed by atoms with E-state index >= 15 is 0 Å². The first-order valence-corrected chi connectivity index (χ1v) is 8.62. The van der Waals surface area contributed by atoms with E-state index < -0.39 is 5.97 Å². The number of nitrogens with one attached hydrogen (secondary N) is 1. The molecule has 0 atom stereocenters. The standard InChI is InChI=1S/C21H20N2O5/c1-13-19(14(2)28-23-13)12-27-18-6-4-5-16(11-18)20(24)22-17-9-7-15(8-10-17)21(25)26-3/h4-11H,12H2,1-3H3,(H,22,24). The lowest BCUT2D eigenvalue weighted by Crippen LogP contribution is -2.12. The summed E-state index contributed by atoms with van der Waals surface area (Å²) in [6.45, 7) is 3.99. The summed E-state index contributed by atoms with van der Waals surface area (Å²) in [5.74, 6) is 0.560. The number of amides is 1. The number of hydrogen-bond donors (Lipinski definition) is 1. The van der Waals surface area contributed by atoms with Gasteiger partial charge >= 0.3 is 5.97 Å². The lowest BCUT2D eigenvalue weighted by molar-refractivity contribution is 0.0600. The Balaban J connectivity index is 1.66. The molecule has 7 heteroatoms. The molecular formula is C21H20N2O5. The molecule has 0 aliphatic carbocycles. The van der Waals surface area contributed by atoms with Crippen LogP contribution in [0.4, 0.5) is 5.69 Å². The highest BCUT2D eigenvalue weighted by atomic mass is 16.5. The fourth-order valence-electron chi connectivity index (χ4n) is 2.60. The molecule has 1 aromatic heterocycles. The minimum Gasteiger partial charge on any atom is -0.489 e. The topological polar surface area (TPSA) is 90.7 Å². The molecule has 0 saturated heterocycles. The van der Waals surface area contributed by atoms with Crippen molar-refractivity contribution in [2.45, 2.75) is 20.5 Å². The van der Waals surface area contributed by atoms with E-state index in [1.165, 1.54) is 7.11 Å². The van der Waals surface area contributed by atoms with Crippen molar-refractivity contribution < 1.29 is 23.6 Å². The molecule has 0 aliphatic rings. The molecule has 1 heterocycles. The van der Waals surface area contributed by atoms with Gasteiger partial charge < -0.3 is 19.3 Å². The highest BCUT2D eigenvalue weighted by molar-refractivity contribution is 6.04. The van der Waals surface area contributed by atoms with Crippen LogP contribution in [-0.2, 0) is 11.3 Å². The molecule has 0 fully saturated rings. The lowest BCUT2D eigenvalue weighted by Gasteiger charge is -2.09. The van der Waals surface area contributed by atoms with Crippen LogP contribution in [0.15, 0.2) is 53.1 Å². The first kappa shape index (κ1) is 19.2. The van der Waals surface area contributed by atoms with Gasteiger partial charge in [0.05, 0.1) is 23.9 Å². The van der Waals surface area contributed by atoms with Crippen molar-refractivity contribution in [3.8, 4) is 5.75 Å².